The Morgan fingerprint density at radius 2 is 1.97 bits per heavy atom. The van der Waals surface area contributed by atoms with E-state index in [2.05, 4.69) is 32.7 Å². The van der Waals surface area contributed by atoms with E-state index in [4.69, 9.17) is 9.51 Å². The van der Waals surface area contributed by atoms with Crippen LogP contribution in [0, 0.1) is 13.8 Å². The van der Waals surface area contributed by atoms with Crippen molar-refractivity contribution in [1.29, 1.82) is 0 Å². The van der Waals surface area contributed by atoms with Gasteiger partial charge in [0, 0.05) is 42.4 Å². The van der Waals surface area contributed by atoms with Gasteiger partial charge in [-0.25, -0.2) is 9.97 Å². The first kappa shape index (κ1) is 22.5. The van der Waals surface area contributed by atoms with E-state index in [1.807, 2.05) is 6.92 Å². The molecular weight excluding hydrogens is 445 g/mol. The lowest BCUT2D eigenvalue weighted by atomic mass is 10.0. The number of fused-ring (bicyclic) bond motifs is 1. The van der Waals surface area contributed by atoms with Crippen LogP contribution in [-0.2, 0) is 12.6 Å². The third-order valence-corrected chi connectivity index (χ3v) is 6.40. The van der Waals surface area contributed by atoms with Crippen LogP contribution in [0.4, 0.5) is 19.1 Å². The number of nitrogens with zero attached hydrogens (tertiary/aromatic N) is 4. The normalized spacial score (nSPS) is 20.2. The van der Waals surface area contributed by atoms with E-state index in [9.17, 15) is 13.2 Å². The Hall–Kier alpha value is -3.27. The van der Waals surface area contributed by atoms with Gasteiger partial charge in [-0.05, 0) is 39.7 Å². The second-order valence-electron chi connectivity index (χ2n) is 8.89. The predicted octanol–water partition coefficient (Wildman–Crippen LogP) is 4.70. The molecule has 0 aromatic carbocycles. The summed E-state index contributed by atoms with van der Waals surface area (Å²) >= 11 is 0. The van der Waals surface area contributed by atoms with Crippen molar-refractivity contribution in [1.82, 2.24) is 25.4 Å². The molecule has 10 heteroatoms. The van der Waals surface area contributed by atoms with Crippen LogP contribution in [0.5, 0.6) is 0 Å². The molecule has 2 N–H and O–H groups in total. The summed E-state index contributed by atoms with van der Waals surface area (Å²) in [5.41, 5.74) is 2.96. The fourth-order valence-corrected chi connectivity index (χ4v) is 4.59. The standard InChI is InChI=1S/C24H25F3N6O/c1-12-4-5-15(10-28-12)30-23-29-11-18(24(25,26)27)22(32-23)17-7-8-19-16(17)6-9-20(31-19)21-13(2)33-34-14(21)3/h6-7,9,11-12,15,28H,4-5,8,10H2,1-3H3,(H,29,30,32)/t12-,15-/m1/s1. The van der Waals surface area contributed by atoms with Crippen LogP contribution in [0.25, 0.3) is 16.8 Å². The number of nitrogens with one attached hydrogen (secondary N) is 2. The molecule has 0 bridgehead atoms. The molecule has 1 fully saturated rings. The molecule has 0 radical (unpaired) electrons. The van der Waals surface area contributed by atoms with Gasteiger partial charge in [-0.15, -0.1) is 0 Å². The molecule has 178 valence electrons. The maximum absolute atomic E-state index is 13.9. The van der Waals surface area contributed by atoms with E-state index in [0.717, 1.165) is 24.6 Å². The van der Waals surface area contributed by atoms with Gasteiger partial charge in [0.15, 0.2) is 0 Å². The second kappa shape index (κ2) is 8.50. The number of halogens is 3. The number of aromatic nitrogens is 4. The Kier molecular flexibility index (Phi) is 5.63. The van der Waals surface area contributed by atoms with Crippen molar-refractivity contribution in [2.24, 2.45) is 0 Å². The Morgan fingerprint density at radius 3 is 2.65 bits per heavy atom. The molecular formula is C24H25F3N6O. The zero-order chi connectivity index (χ0) is 24.0. The molecule has 0 unspecified atom stereocenters. The van der Waals surface area contributed by atoms with Gasteiger partial charge in [0.25, 0.3) is 0 Å². The lowest BCUT2D eigenvalue weighted by Crippen LogP contribution is -2.43. The first-order chi connectivity index (χ1) is 16.2. The molecule has 7 nitrogen and oxygen atoms in total. The van der Waals surface area contributed by atoms with Crippen molar-refractivity contribution in [2.45, 2.75) is 58.3 Å². The highest BCUT2D eigenvalue weighted by molar-refractivity contribution is 5.85. The average molecular weight is 470 g/mol. The van der Waals surface area contributed by atoms with Crippen LogP contribution in [-0.4, -0.2) is 38.7 Å². The predicted molar refractivity (Wildman–Crippen MR) is 121 cm³/mol. The van der Waals surface area contributed by atoms with Crippen LogP contribution in [0.1, 0.15) is 53.7 Å². The molecule has 3 aromatic rings. The smallest absolute Gasteiger partial charge is 0.361 e. The molecule has 1 aliphatic heterocycles. The van der Waals surface area contributed by atoms with E-state index in [0.29, 0.717) is 53.0 Å². The molecule has 2 atom stereocenters. The molecule has 0 amide bonds. The first-order valence-corrected chi connectivity index (χ1v) is 11.3. The van der Waals surface area contributed by atoms with Crippen LogP contribution in [0.15, 0.2) is 28.9 Å². The Labute approximate surface area is 194 Å². The van der Waals surface area contributed by atoms with Crippen LogP contribution >= 0.6 is 0 Å². The second-order valence-corrected chi connectivity index (χ2v) is 8.89. The number of alkyl halides is 3. The number of anilines is 1. The quantitative estimate of drug-likeness (QED) is 0.571. The molecule has 5 rings (SSSR count). The minimum Gasteiger partial charge on any atom is -0.361 e. The number of hydrogen-bond acceptors (Lipinski definition) is 7. The number of pyridine rings is 1. The zero-order valence-corrected chi connectivity index (χ0v) is 19.1. The number of allylic oxidation sites excluding steroid dienone is 1. The molecule has 1 saturated heterocycles. The summed E-state index contributed by atoms with van der Waals surface area (Å²) in [6.07, 6.45) is 0.324. The van der Waals surface area contributed by atoms with Gasteiger partial charge in [-0.1, -0.05) is 17.3 Å². The number of aryl methyl sites for hydroxylation is 2. The molecule has 34 heavy (non-hydrogen) atoms. The van der Waals surface area contributed by atoms with Gasteiger partial charge in [-0.2, -0.15) is 13.2 Å². The third kappa shape index (κ3) is 4.18. The molecule has 3 aromatic heterocycles. The summed E-state index contributed by atoms with van der Waals surface area (Å²) in [4.78, 5) is 13.0. The van der Waals surface area contributed by atoms with Gasteiger partial charge in [0.2, 0.25) is 5.95 Å². The molecule has 0 saturated carbocycles. The van der Waals surface area contributed by atoms with Crippen molar-refractivity contribution in [3.63, 3.8) is 0 Å². The van der Waals surface area contributed by atoms with Crippen molar-refractivity contribution in [3.8, 4) is 11.3 Å². The summed E-state index contributed by atoms with van der Waals surface area (Å²) in [6, 6.07) is 4.06. The lowest BCUT2D eigenvalue weighted by Gasteiger charge is -2.28. The molecule has 2 aliphatic rings. The maximum Gasteiger partial charge on any atom is 0.419 e. The summed E-state index contributed by atoms with van der Waals surface area (Å²) in [7, 11) is 0. The van der Waals surface area contributed by atoms with E-state index >= 15 is 0 Å². The minimum absolute atomic E-state index is 0.0601. The van der Waals surface area contributed by atoms with Gasteiger partial charge in [0.1, 0.15) is 11.3 Å². The third-order valence-electron chi connectivity index (χ3n) is 6.40. The van der Waals surface area contributed by atoms with Crippen LogP contribution in [0.2, 0.25) is 0 Å². The minimum atomic E-state index is -4.58. The van der Waals surface area contributed by atoms with Crippen molar-refractivity contribution in [3.05, 3.63) is 58.4 Å². The molecule has 4 heterocycles. The largest absolute Gasteiger partial charge is 0.419 e. The highest BCUT2D eigenvalue weighted by atomic mass is 19.4. The fraction of sp³-hybridized carbons (Fsp3) is 0.417. The average Bonchev–Trinajstić information content (AvgIpc) is 3.36. The summed E-state index contributed by atoms with van der Waals surface area (Å²) in [5, 5.41) is 10.5. The summed E-state index contributed by atoms with van der Waals surface area (Å²) in [5.74, 6) is 0.840. The Morgan fingerprint density at radius 1 is 1.15 bits per heavy atom. The van der Waals surface area contributed by atoms with Crippen LogP contribution in [0.3, 0.4) is 0 Å². The van der Waals surface area contributed by atoms with Crippen LogP contribution < -0.4 is 10.6 Å². The Bertz CT molecular complexity index is 1240. The van der Waals surface area contributed by atoms with Crippen molar-refractivity contribution >= 4 is 11.5 Å². The van der Waals surface area contributed by atoms with E-state index in [1.165, 1.54) is 0 Å². The fourth-order valence-electron chi connectivity index (χ4n) is 4.59. The topological polar surface area (TPSA) is 88.8 Å². The molecule has 0 spiro atoms. The van der Waals surface area contributed by atoms with Crippen molar-refractivity contribution in [2.75, 3.05) is 11.9 Å². The number of hydrogen-bond donors (Lipinski definition) is 2. The van der Waals surface area contributed by atoms with E-state index in [-0.39, 0.29) is 17.7 Å². The Balaban J connectivity index is 1.50. The molecule has 1 aliphatic carbocycles. The highest BCUT2D eigenvalue weighted by Gasteiger charge is 2.37. The number of rotatable bonds is 4. The SMILES string of the molecule is Cc1noc(C)c1-c1ccc2c(n1)CC=C2c1nc(N[C@@H]2CC[C@@H](C)NC2)ncc1C(F)(F)F. The van der Waals surface area contributed by atoms with E-state index < -0.39 is 11.7 Å². The summed E-state index contributed by atoms with van der Waals surface area (Å²) in [6.45, 7) is 6.46. The van der Waals surface area contributed by atoms with Crippen molar-refractivity contribution < 1.29 is 17.7 Å². The first-order valence-electron chi connectivity index (χ1n) is 11.3. The highest BCUT2D eigenvalue weighted by Crippen LogP contribution is 2.40. The number of piperidine rings is 1. The lowest BCUT2D eigenvalue weighted by molar-refractivity contribution is -0.138. The van der Waals surface area contributed by atoms with Gasteiger partial charge in [-0.3, -0.25) is 4.98 Å². The van der Waals surface area contributed by atoms with E-state index in [1.54, 1.807) is 25.1 Å². The van der Waals surface area contributed by atoms with Gasteiger partial charge < -0.3 is 15.2 Å². The van der Waals surface area contributed by atoms with Gasteiger partial charge in [0.05, 0.1) is 28.3 Å². The maximum atomic E-state index is 13.9. The monoisotopic (exact) mass is 470 g/mol. The summed E-state index contributed by atoms with van der Waals surface area (Å²) < 4.78 is 46.9. The zero-order valence-electron chi connectivity index (χ0n) is 19.1. The van der Waals surface area contributed by atoms with Gasteiger partial charge >= 0.3 is 6.18 Å².